The van der Waals surface area contributed by atoms with Crippen molar-refractivity contribution >= 4 is 22.6 Å². The summed E-state index contributed by atoms with van der Waals surface area (Å²) in [4.78, 5) is 0. The van der Waals surface area contributed by atoms with Crippen molar-refractivity contribution in [2.75, 3.05) is 0 Å². The molecule has 84 valence electrons. The Kier molecular flexibility index (Phi) is 3.25. The molecule has 0 radical (unpaired) electrons. The topological polar surface area (TPSA) is 38.0 Å². The molecule has 0 aliphatic rings. The zero-order chi connectivity index (χ0) is 11.7. The van der Waals surface area contributed by atoms with E-state index in [1.807, 2.05) is 0 Å². The molecule has 0 fully saturated rings. The Morgan fingerprint density at radius 3 is 2.81 bits per heavy atom. The van der Waals surface area contributed by atoms with Gasteiger partial charge in [-0.2, -0.15) is 5.10 Å². The Morgan fingerprint density at radius 2 is 2.25 bits per heavy atom. The predicted molar refractivity (Wildman–Crippen MR) is 66.9 cm³/mol. The zero-order valence-electron chi connectivity index (χ0n) is 8.56. The van der Waals surface area contributed by atoms with Gasteiger partial charge in [-0.25, -0.2) is 9.07 Å². The van der Waals surface area contributed by atoms with Gasteiger partial charge in [-0.1, -0.05) is 12.1 Å². The van der Waals surface area contributed by atoms with E-state index in [1.165, 1.54) is 10.7 Å². The molecule has 1 unspecified atom stereocenters. The van der Waals surface area contributed by atoms with Crippen LogP contribution in [0.5, 0.6) is 0 Å². The van der Waals surface area contributed by atoms with Crippen molar-refractivity contribution in [3.05, 3.63) is 45.5 Å². The van der Waals surface area contributed by atoms with E-state index in [0.717, 1.165) is 3.57 Å². The lowest BCUT2D eigenvalue weighted by atomic mass is 10.1. The standard InChI is InChI=1S/C11H10FIN2O/c1-7(16)9-3-2-4-10(12)11(9)15-6-8(13)5-14-15/h2-7,16H,1H3. The highest BCUT2D eigenvalue weighted by Gasteiger charge is 2.14. The van der Waals surface area contributed by atoms with Gasteiger partial charge in [-0.05, 0) is 35.6 Å². The van der Waals surface area contributed by atoms with Crippen molar-refractivity contribution in [1.82, 2.24) is 9.78 Å². The van der Waals surface area contributed by atoms with Gasteiger partial charge in [0.15, 0.2) is 0 Å². The fraction of sp³-hybridized carbons (Fsp3) is 0.182. The Hall–Kier alpha value is -0.950. The van der Waals surface area contributed by atoms with Crippen LogP contribution in [0, 0.1) is 9.39 Å². The molecule has 0 saturated heterocycles. The van der Waals surface area contributed by atoms with Crippen molar-refractivity contribution < 1.29 is 9.50 Å². The van der Waals surface area contributed by atoms with Crippen LogP contribution >= 0.6 is 22.6 Å². The minimum absolute atomic E-state index is 0.306. The SMILES string of the molecule is CC(O)c1cccc(F)c1-n1cc(I)cn1. The lowest BCUT2D eigenvalue weighted by Crippen LogP contribution is -2.05. The summed E-state index contributed by atoms with van der Waals surface area (Å²) in [7, 11) is 0. The molecule has 5 heteroatoms. The number of aromatic nitrogens is 2. The molecule has 0 saturated carbocycles. The van der Waals surface area contributed by atoms with Gasteiger partial charge in [0.05, 0.1) is 15.9 Å². The monoisotopic (exact) mass is 332 g/mol. The lowest BCUT2D eigenvalue weighted by molar-refractivity contribution is 0.198. The summed E-state index contributed by atoms with van der Waals surface area (Å²) >= 11 is 2.10. The van der Waals surface area contributed by atoms with Crippen LogP contribution in [-0.4, -0.2) is 14.9 Å². The molecule has 0 aliphatic heterocycles. The number of benzene rings is 1. The highest BCUT2D eigenvalue weighted by Crippen LogP contribution is 2.24. The number of hydrogen-bond acceptors (Lipinski definition) is 2. The summed E-state index contributed by atoms with van der Waals surface area (Å²) in [6, 6.07) is 4.63. The van der Waals surface area contributed by atoms with E-state index < -0.39 is 11.9 Å². The number of nitrogens with zero attached hydrogens (tertiary/aromatic N) is 2. The van der Waals surface area contributed by atoms with Crippen LogP contribution in [0.4, 0.5) is 4.39 Å². The van der Waals surface area contributed by atoms with Gasteiger partial charge in [0.1, 0.15) is 11.5 Å². The molecule has 3 nitrogen and oxygen atoms in total. The lowest BCUT2D eigenvalue weighted by Gasteiger charge is -2.12. The van der Waals surface area contributed by atoms with E-state index in [1.54, 1.807) is 31.5 Å². The second-order valence-corrected chi connectivity index (χ2v) is 4.70. The van der Waals surface area contributed by atoms with Crippen molar-refractivity contribution in [2.45, 2.75) is 13.0 Å². The molecule has 2 aromatic rings. The van der Waals surface area contributed by atoms with Crippen molar-refractivity contribution in [2.24, 2.45) is 0 Å². The van der Waals surface area contributed by atoms with Crippen LogP contribution in [0.3, 0.4) is 0 Å². The van der Waals surface area contributed by atoms with E-state index in [-0.39, 0.29) is 0 Å². The van der Waals surface area contributed by atoms with E-state index in [9.17, 15) is 9.50 Å². The van der Waals surface area contributed by atoms with Crippen molar-refractivity contribution in [1.29, 1.82) is 0 Å². The molecule has 1 atom stereocenters. The molecule has 2 rings (SSSR count). The molecule has 0 aliphatic carbocycles. The third kappa shape index (κ3) is 2.10. The normalized spacial score (nSPS) is 12.8. The fourth-order valence-corrected chi connectivity index (χ4v) is 1.92. The smallest absolute Gasteiger partial charge is 0.149 e. The second kappa shape index (κ2) is 4.50. The zero-order valence-corrected chi connectivity index (χ0v) is 10.7. The maximum atomic E-state index is 13.7. The number of aliphatic hydroxyl groups excluding tert-OH is 1. The first-order valence-electron chi connectivity index (χ1n) is 4.76. The minimum atomic E-state index is -0.729. The molecule has 0 amide bonds. The quantitative estimate of drug-likeness (QED) is 0.859. The molecule has 0 bridgehead atoms. The van der Waals surface area contributed by atoms with E-state index in [2.05, 4.69) is 27.7 Å². The van der Waals surface area contributed by atoms with Crippen LogP contribution in [0.15, 0.2) is 30.6 Å². The molecule has 1 aromatic heterocycles. The highest BCUT2D eigenvalue weighted by atomic mass is 127. The van der Waals surface area contributed by atoms with E-state index in [4.69, 9.17) is 0 Å². The Balaban J connectivity index is 2.62. The molecule has 1 aromatic carbocycles. The molecular weight excluding hydrogens is 322 g/mol. The van der Waals surface area contributed by atoms with Crippen molar-refractivity contribution in [3.63, 3.8) is 0 Å². The van der Waals surface area contributed by atoms with E-state index >= 15 is 0 Å². The average Bonchev–Trinajstić information content (AvgIpc) is 2.64. The average molecular weight is 332 g/mol. The largest absolute Gasteiger partial charge is 0.389 e. The Labute approximate surface area is 106 Å². The maximum Gasteiger partial charge on any atom is 0.149 e. The summed E-state index contributed by atoms with van der Waals surface area (Å²) in [6.45, 7) is 1.60. The number of hydrogen-bond donors (Lipinski definition) is 1. The Bertz CT molecular complexity index is 510. The second-order valence-electron chi connectivity index (χ2n) is 3.46. The summed E-state index contributed by atoms with van der Waals surface area (Å²) in [5, 5.41) is 13.6. The minimum Gasteiger partial charge on any atom is -0.389 e. The number of rotatable bonds is 2. The van der Waals surface area contributed by atoms with E-state index in [0.29, 0.717) is 11.3 Å². The molecule has 1 N–H and O–H groups in total. The number of halogens is 2. The molecule has 16 heavy (non-hydrogen) atoms. The van der Waals surface area contributed by atoms with Crippen LogP contribution in [0.1, 0.15) is 18.6 Å². The van der Waals surface area contributed by atoms with Crippen molar-refractivity contribution in [3.8, 4) is 5.69 Å². The third-order valence-electron chi connectivity index (χ3n) is 2.25. The van der Waals surface area contributed by atoms with Gasteiger partial charge in [-0.15, -0.1) is 0 Å². The third-order valence-corrected chi connectivity index (χ3v) is 2.81. The van der Waals surface area contributed by atoms with Crippen LogP contribution in [-0.2, 0) is 0 Å². The predicted octanol–water partition coefficient (Wildman–Crippen LogP) is 2.67. The fourth-order valence-electron chi connectivity index (χ4n) is 1.53. The van der Waals surface area contributed by atoms with Gasteiger partial charge in [0, 0.05) is 11.8 Å². The van der Waals surface area contributed by atoms with Gasteiger partial charge in [-0.3, -0.25) is 0 Å². The first kappa shape index (κ1) is 11.5. The number of para-hydroxylation sites is 1. The van der Waals surface area contributed by atoms with Gasteiger partial charge < -0.3 is 5.11 Å². The van der Waals surface area contributed by atoms with Crippen LogP contribution < -0.4 is 0 Å². The number of aliphatic hydroxyl groups is 1. The molecular formula is C11H10FIN2O. The summed E-state index contributed by atoms with van der Waals surface area (Å²) in [5.74, 6) is -0.391. The summed E-state index contributed by atoms with van der Waals surface area (Å²) in [6.07, 6.45) is 2.62. The Morgan fingerprint density at radius 1 is 1.50 bits per heavy atom. The first-order chi connectivity index (χ1) is 7.59. The summed E-state index contributed by atoms with van der Waals surface area (Å²) < 4.78 is 16.1. The summed E-state index contributed by atoms with van der Waals surface area (Å²) in [5.41, 5.74) is 0.833. The maximum absolute atomic E-state index is 13.7. The van der Waals surface area contributed by atoms with Crippen LogP contribution in [0.25, 0.3) is 5.69 Å². The van der Waals surface area contributed by atoms with Gasteiger partial charge >= 0.3 is 0 Å². The first-order valence-corrected chi connectivity index (χ1v) is 5.84. The van der Waals surface area contributed by atoms with Gasteiger partial charge in [0.2, 0.25) is 0 Å². The van der Waals surface area contributed by atoms with Crippen LogP contribution in [0.2, 0.25) is 0 Å². The molecule has 0 spiro atoms. The molecule has 1 heterocycles. The highest BCUT2D eigenvalue weighted by molar-refractivity contribution is 14.1. The van der Waals surface area contributed by atoms with Gasteiger partial charge in [0.25, 0.3) is 0 Å².